The molecule has 1 aliphatic heterocycles. The summed E-state index contributed by atoms with van der Waals surface area (Å²) in [5.74, 6) is 0.675. The number of rotatable bonds is 8. The fraction of sp³-hybridized carbons (Fsp3) is 0.333. The molecule has 162 valence electrons. The van der Waals surface area contributed by atoms with Crippen LogP contribution in [0, 0.1) is 11.7 Å². The topological polar surface area (TPSA) is 45.7 Å². The second-order valence-corrected chi connectivity index (χ2v) is 8.87. The van der Waals surface area contributed by atoms with E-state index in [2.05, 4.69) is 34.1 Å². The normalized spacial score (nSPS) is 16.4. The number of likely N-dealkylation sites (tertiary alicyclic amines) is 1. The van der Waals surface area contributed by atoms with Gasteiger partial charge in [0.1, 0.15) is 28.9 Å². The molecule has 0 bridgehead atoms. The zero-order valence-electron chi connectivity index (χ0n) is 17.5. The van der Waals surface area contributed by atoms with Gasteiger partial charge in [-0.05, 0) is 48.7 Å². The molecule has 0 spiro atoms. The van der Waals surface area contributed by atoms with Crippen molar-refractivity contribution in [2.45, 2.75) is 19.6 Å². The van der Waals surface area contributed by atoms with E-state index in [-0.39, 0.29) is 18.3 Å². The molecule has 31 heavy (non-hydrogen) atoms. The predicted molar refractivity (Wildman–Crippen MR) is 120 cm³/mol. The van der Waals surface area contributed by atoms with Crippen LogP contribution >= 0.6 is 11.3 Å². The number of halogens is 1. The SMILES string of the molecule is CN(CC1CCN(Cc2ccccc2)C1)C(=O)c1csc(COc2ccc(F)cc2)n1. The van der Waals surface area contributed by atoms with E-state index >= 15 is 0 Å². The summed E-state index contributed by atoms with van der Waals surface area (Å²) < 4.78 is 18.6. The van der Waals surface area contributed by atoms with Gasteiger partial charge in [-0.25, -0.2) is 9.37 Å². The number of hydrogen-bond acceptors (Lipinski definition) is 5. The Morgan fingerprint density at radius 1 is 1.23 bits per heavy atom. The van der Waals surface area contributed by atoms with Gasteiger partial charge >= 0.3 is 0 Å². The Bertz CT molecular complexity index is 994. The third kappa shape index (κ3) is 5.89. The first-order valence-electron chi connectivity index (χ1n) is 10.4. The molecule has 2 heterocycles. The summed E-state index contributed by atoms with van der Waals surface area (Å²) in [5, 5.41) is 2.49. The van der Waals surface area contributed by atoms with Gasteiger partial charge in [0, 0.05) is 32.1 Å². The molecule has 0 aliphatic carbocycles. The lowest BCUT2D eigenvalue weighted by Gasteiger charge is -2.21. The molecule has 1 aliphatic rings. The molecule has 1 amide bonds. The molecule has 3 aromatic rings. The van der Waals surface area contributed by atoms with E-state index < -0.39 is 0 Å². The van der Waals surface area contributed by atoms with E-state index in [1.807, 2.05) is 13.1 Å². The highest BCUT2D eigenvalue weighted by molar-refractivity contribution is 7.09. The maximum atomic E-state index is 13.0. The van der Waals surface area contributed by atoms with Crippen molar-refractivity contribution in [1.82, 2.24) is 14.8 Å². The Balaban J connectivity index is 1.25. The number of aromatic nitrogens is 1. The highest BCUT2D eigenvalue weighted by atomic mass is 32.1. The van der Waals surface area contributed by atoms with Crippen LogP contribution < -0.4 is 4.74 Å². The monoisotopic (exact) mass is 439 g/mol. The molecule has 1 atom stereocenters. The maximum Gasteiger partial charge on any atom is 0.273 e. The van der Waals surface area contributed by atoms with Gasteiger partial charge in [0.25, 0.3) is 5.91 Å². The molecule has 2 aromatic carbocycles. The van der Waals surface area contributed by atoms with E-state index in [9.17, 15) is 9.18 Å². The summed E-state index contributed by atoms with van der Waals surface area (Å²) >= 11 is 1.40. The van der Waals surface area contributed by atoms with Crippen molar-refractivity contribution in [1.29, 1.82) is 0 Å². The lowest BCUT2D eigenvalue weighted by Crippen LogP contribution is -2.33. The van der Waals surface area contributed by atoms with Crippen LogP contribution in [0.1, 0.15) is 27.5 Å². The average molecular weight is 440 g/mol. The van der Waals surface area contributed by atoms with Crippen molar-refractivity contribution in [3.8, 4) is 5.75 Å². The lowest BCUT2D eigenvalue weighted by molar-refractivity contribution is 0.0767. The minimum absolute atomic E-state index is 0.0641. The summed E-state index contributed by atoms with van der Waals surface area (Å²) in [7, 11) is 1.84. The Kier molecular flexibility index (Phi) is 6.94. The Morgan fingerprint density at radius 3 is 2.77 bits per heavy atom. The molecule has 1 aromatic heterocycles. The van der Waals surface area contributed by atoms with E-state index in [1.54, 1.807) is 22.4 Å². The molecule has 0 N–H and O–H groups in total. The van der Waals surface area contributed by atoms with Crippen molar-refractivity contribution in [3.05, 3.63) is 82.1 Å². The van der Waals surface area contributed by atoms with Crippen LogP contribution in [0.15, 0.2) is 60.0 Å². The van der Waals surface area contributed by atoms with Crippen molar-refractivity contribution in [2.24, 2.45) is 5.92 Å². The highest BCUT2D eigenvalue weighted by Crippen LogP contribution is 2.21. The zero-order valence-corrected chi connectivity index (χ0v) is 18.4. The first-order valence-corrected chi connectivity index (χ1v) is 11.3. The first kappa shape index (κ1) is 21.5. The van der Waals surface area contributed by atoms with Crippen LogP contribution in [0.4, 0.5) is 4.39 Å². The average Bonchev–Trinajstić information content (AvgIpc) is 3.43. The Hall–Kier alpha value is -2.77. The van der Waals surface area contributed by atoms with Crippen molar-refractivity contribution >= 4 is 17.2 Å². The fourth-order valence-corrected chi connectivity index (χ4v) is 4.54. The van der Waals surface area contributed by atoms with E-state index in [0.29, 0.717) is 17.4 Å². The maximum absolute atomic E-state index is 13.0. The molecule has 5 nitrogen and oxygen atoms in total. The zero-order chi connectivity index (χ0) is 21.6. The molecule has 4 rings (SSSR count). The van der Waals surface area contributed by atoms with Crippen LogP contribution in [0.3, 0.4) is 0 Å². The highest BCUT2D eigenvalue weighted by Gasteiger charge is 2.26. The van der Waals surface area contributed by atoms with E-state index in [0.717, 1.165) is 37.6 Å². The van der Waals surface area contributed by atoms with Gasteiger partial charge in [0.05, 0.1) is 0 Å². The minimum atomic E-state index is -0.303. The number of carbonyl (C=O) groups excluding carboxylic acids is 1. The number of amides is 1. The summed E-state index contributed by atoms with van der Waals surface area (Å²) in [6.07, 6.45) is 1.10. The largest absolute Gasteiger partial charge is 0.486 e. The van der Waals surface area contributed by atoms with Gasteiger partial charge in [0.2, 0.25) is 0 Å². The van der Waals surface area contributed by atoms with Crippen LogP contribution in [-0.2, 0) is 13.2 Å². The van der Waals surface area contributed by atoms with Gasteiger partial charge in [-0.3, -0.25) is 9.69 Å². The fourth-order valence-electron chi connectivity index (χ4n) is 3.86. The molecular weight excluding hydrogens is 413 g/mol. The van der Waals surface area contributed by atoms with Crippen LogP contribution in [0.25, 0.3) is 0 Å². The number of ether oxygens (including phenoxy) is 1. The van der Waals surface area contributed by atoms with E-state index in [4.69, 9.17) is 4.74 Å². The minimum Gasteiger partial charge on any atom is -0.486 e. The second kappa shape index (κ2) is 10.0. The molecule has 1 unspecified atom stereocenters. The summed E-state index contributed by atoms with van der Waals surface area (Å²) in [5.41, 5.74) is 1.77. The van der Waals surface area contributed by atoms with Gasteiger partial charge in [0.15, 0.2) is 0 Å². The lowest BCUT2D eigenvalue weighted by atomic mass is 10.1. The number of nitrogens with zero attached hydrogens (tertiary/aromatic N) is 3. The number of hydrogen-bond donors (Lipinski definition) is 0. The van der Waals surface area contributed by atoms with Crippen molar-refractivity contribution in [2.75, 3.05) is 26.7 Å². The molecule has 0 saturated carbocycles. The van der Waals surface area contributed by atoms with Crippen LogP contribution in [-0.4, -0.2) is 47.4 Å². The van der Waals surface area contributed by atoms with Gasteiger partial charge in [-0.1, -0.05) is 30.3 Å². The van der Waals surface area contributed by atoms with Gasteiger partial charge in [-0.2, -0.15) is 0 Å². The molecule has 1 fully saturated rings. The van der Waals surface area contributed by atoms with Crippen molar-refractivity contribution in [3.63, 3.8) is 0 Å². The summed E-state index contributed by atoms with van der Waals surface area (Å²) in [4.78, 5) is 21.5. The third-order valence-electron chi connectivity index (χ3n) is 5.44. The molecule has 0 radical (unpaired) electrons. The standard InChI is InChI=1S/C24H26FN3O2S/c1-27(13-19-11-12-28(15-19)14-18-5-3-2-4-6-18)24(29)22-17-31-23(26-22)16-30-21-9-7-20(25)8-10-21/h2-10,17,19H,11-16H2,1H3. The Labute approximate surface area is 186 Å². The first-order chi connectivity index (χ1) is 15.1. The van der Waals surface area contributed by atoms with E-state index in [1.165, 1.54) is 29.0 Å². The molecule has 1 saturated heterocycles. The number of thiazole rings is 1. The smallest absolute Gasteiger partial charge is 0.273 e. The van der Waals surface area contributed by atoms with Crippen LogP contribution in [0.5, 0.6) is 5.75 Å². The quantitative estimate of drug-likeness (QED) is 0.520. The molecule has 7 heteroatoms. The number of carbonyl (C=O) groups is 1. The van der Waals surface area contributed by atoms with Crippen molar-refractivity contribution < 1.29 is 13.9 Å². The van der Waals surface area contributed by atoms with Gasteiger partial charge < -0.3 is 9.64 Å². The van der Waals surface area contributed by atoms with Crippen LogP contribution in [0.2, 0.25) is 0 Å². The predicted octanol–water partition coefficient (Wildman–Crippen LogP) is 4.46. The molecular formula is C24H26FN3O2S. The summed E-state index contributed by atoms with van der Waals surface area (Å²) in [6.45, 7) is 4.00. The van der Waals surface area contributed by atoms with Gasteiger partial charge in [-0.15, -0.1) is 11.3 Å². The number of benzene rings is 2. The third-order valence-corrected chi connectivity index (χ3v) is 6.27. The Morgan fingerprint density at radius 2 is 2.00 bits per heavy atom. The second-order valence-electron chi connectivity index (χ2n) is 7.93. The summed E-state index contributed by atoms with van der Waals surface area (Å²) in [6, 6.07) is 16.3.